The molecule has 0 aromatic rings. The van der Waals surface area contributed by atoms with Crippen molar-refractivity contribution in [3.05, 3.63) is 0 Å². The maximum atomic E-state index is 11.2. The highest BCUT2D eigenvalue weighted by Gasteiger charge is 2.40. The van der Waals surface area contributed by atoms with Gasteiger partial charge in [-0.3, -0.25) is 4.79 Å². The van der Waals surface area contributed by atoms with Crippen LogP contribution in [0.5, 0.6) is 0 Å². The molecule has 1 fully saturated rings. The zero-order valence-corrected chi connectivity index (χ0v) is 8.55. The maximum absolute atomic E-state index is 11.2. The molecule has 1 unspecified atom stereocenters. The van der Waals surface area contributed by atoms with Gasteiger partial charge in [-0.15, -0.1) is 0 Å². The minimum Gasteiger partial charge on any atom is -0.481 e. The van der Waals surface area contributed by atoms with Gasteiger partial charge >= 0.3 is 5.97 Å². The van der Waals surface area contributed by atoms with Crippen LogP contribution < -0.4 is 0 Å². The molecule has 1 N–H and O–H groups in total. The minimum atomic E-state index is -0.610. The molecule has 1 heterocycles. The Labute approximate surface area is 79.7 Å². The van der Waals surface area contributed by atoms with Crippen molar-refractivity contribution < 1.29 is 9.90 Å². The summed E-state index contributed by atoms with van der Waals surface area (Å²) in [6.45, 7) is 3.81. The molecule has 3 nitrogen and oxygen atoms in total. The first-order chi connectivity index (χ1) is 6.10. The molecule has 0 spiro atoms. The van der Waals surface area contributed by atoms with Crippen LogP contribution in [-0.4, -0.2) is 36.1 Å². The van der Waals surface area contributed by atoms with E-state index in [1.54, 1.807) is 0 Å². The van der Waals surface area contributed by atoms with E-state index >= 15 is 0 Å². The van der Waals surface area contributed by atoms with Crippen LogP contribution in [0.4, 0.5) is 0 Å². The van der Waals surface area contributed by atoms with Crippen molar-refractivity contribution in [3.8, 4) is 0 Å². The summed E-state index contributed by atoms with van der Waals surface area (Å²) in [5, 5.41) is 9.21. The lowest BCUT2D eigenvalue weighted by molar-refractivity contribution is -0.152. The lowest BCUT2D eigenvalue weighted by Crippen LogP contribution is -2.46. The zero-order valence-electron chi connectivity index (χ0n) is 8.55. The SMILES string of the molecule is CCCC1(C(=O)O)CCCN(C)C1. The van der Waals surface area contributed by atoms with E-state index in [-0.39, 0.29) is 0 Å². The fraction of sp³-hybridized carbons (Fsp3) is 0.900. The van der Waals surface area contributed by atoms with Crippen molar-refractivity contribution in [1.29, 1.82) is 0 Å². The first kappa shape index (κ1) is 10.5. The van der Waals surface area contributed by atoms with Gasteiger partial charge in [0.05, 0.1) is 5.41 Å². The van der Waals surface area contributed by atoms with Gasteiger partial charge in [-0.25, -0.2) is 0 Å². The molecule has 1 rings (SSSR count). The second-order valence-corrected chi connectivity index (χ2v) is 4.18. The predicted octanol–water partition coefficient (Wildman–Crippen LogP) is 1.58. The molecule has 1 atom stereocenters. The van der Waals surface area contributed by atoms with Gasteiger partial charge in [0.15, 0.2) is 0 Å². The van der Waals surface area contributed by atoms with Crippen molar-refractivity contribution >= 4 is 5.97 Å². The zero-order chi connectivity index (χ0) is 9.90. The number of carboxylic acids is 1. The number of rotatable bonds is 3. The monoisotopic (exact) mass is 185 g/mol. The normalized spacial score (nSPS) is 30.3. The molecule has 1 aliphatic heterocycles. The van der Waals surface area contributed by atoms with Gasteiger partial charge in [0.1, 0.15) is 0 Å². The van der Waals surface area contributed by atoms with Gasteiger partial charge in [-0.2, -0.15) is 0 Å². The fourth-order valence-electron chi connectivity index (χ4n) is 2.33. The molecular formula is C10H19NO2. The maximum Gasteiger partial charge on any atom is 0.310 e. The highest BCUT2D eigenvalue weighted by Crippen LogP contribution is 2.34. The Morgan fingerprint density at radius 2 is 2.31 bits per heavy atom. The summed E-state index contributed by atoms with van der Waals surface area (Å²) < 4.78 is 0. The Morgan fingerprint density at radius 1 is 1.62 bits per heavy atom. The van der Waals surface area contributed by atoms with E-state index in [0.717, 1.165) is 38.8 Å². The number of likely N-dealkylation sites (tertiary alicyclic amines) is 1. The average molecular weight is 185 g/mol. The Kier molecular flexibility index (Phi) is 3.31. The molecule has 0 aromatic heterocycles. The van der Waals surface area contributed by atoms with E-state index in [9.17, 15) is 9.90 Å². The third-order valence-electron chi connectivity index (χ3n) is 2.95. The second kappa shape index (κ2) is 4.09. The van der Waals surface area contributed by atoms with E-state index < -0.39 is 11.4 Å². The summed E-state index contributed by atoms with van der Waals surface area (Å²) in [6, 6.07) is 0. The van der Waals surface area contributed by atoms with Crippen LogP contribution in [0, 0.1) is 5.41 Å². The Bertz CT molecular complexity index is 189. The van der Waals surface area contributed by atoms with Crippen LogP contribution in [0.2, 0.25) is 0 Å². The van der Waals surface area contributed by atoms with Crippen LogP contribution >= 0.6 is 0 Å². The van der Waals surface area contributed by atoms with Gasteiger partial charge in [0.25, 0.3) is 0 Å². The molecule has 76 valence electrons. The largest absolute Gasteiger partial charge is 0.481 e. The van der Waals surface area contributed by atoms with Crippen LogP contribution in [0.15, 0.2) is 0 Å². The number of aliphatic carboxylic acids is 1. The summed E-state index contributed by atoms with van der Waals surface area (Å²) >= 11 is 0. The molecule has 0 bridgehead atoms. The van der Waals surface area contributed by atoms with Gasteiger partial charge in [-0.1, -0.05) is 13.3 Å². The molecule has 0 radical (unpaired) electrons. The summed E-state index contributed by atoms with van der Waals surface area (Å²) in [7, 11) is 2.01. The number of piperidine rings is 1. The van der Waals surface area contributed by atoms with Crippen LogP contribution in [-0.2, 0) is 4.79 Å². The number of carboxylic acid groups (broad SMARTS) is 1. The Morgan fingerprint density at radius 3 is 2.77 bits per heavy atom. The van der Waals surface area contributed by atoms with E-state index in [4.69, 9.17) is 0 Å². The second-order valence-electron chi connectivity index (χ2n) is 4.18. The number of hydrogen-bond donors (Lipinski definition) is 1. The smallest absolute Gasteiger partial charge is 0.310 e. The summed E-state index contributed by atoms with van der Waals surface area (Å²) in [5.74, 6) is -0.610. The summed E-state index contributed by atoms with van der Waals surface area (Å²) in [6.07, 6.45) is 3.64. The van der Waals surface area contributed by atoms with E-state index in [1.807, 2.05) is 7.05 Å². The highest BCUT2D eigenvalue weighted by atomic mass is 16.4. The molecular weight excluding hydrogens is 166 g/mol. The van der Waals surface area contributed by atoms with Crippen molar-refractivity contribution in [2.75, 3.05) is 20.1 Å². The standard InChI is InChI=1S/C10H19NO2/c1-3-5-10(9(12)13)6-4-7-11(2)8-10/h3-8H2,1-2H3,(H,12,13). The Balaban J connectivity index is 2.70. The highest BCUT2D eigenvalue weighted by molar-refractivity contribution is 5.75. The first-order valence-electron chi connectivity index (χ1n) is 5.03. The molecule has 0 aliphatic carbocycles. The molecule has 13 heavy (non-hydrogen) atoms. The molecule has 0 aromatic carbocycles. The minimum absolute atomic E-state index is 0.457. The molecule has 3 heteroatoms. The molecule has 1 saturated heterocycles. The van der Waals surface area contributed by atoms with Crippen LogP contribution in [0.3, 0.4) is 0 Å². The van der Waals surface area contributed by atoms with Gasteiger partial charge in [0.2, 0.25) is 0 Å². The van der Waals surface area contributed by atoms with Crippen molar-refractivity contribution in [2.45, 2.75) is 32.6 Å². The fourth-order valence-corrected chi connectivity index (χ4v) is 2.33. The third-order valence-corrected chi connectivity index (χ3v) is 2.95. The number of hydrogen-bond acceptors (Lipinski definition) is 2. The Hall–Kier alpha value is -0.570. The van der Waals surface area contributed by atoms with E-state index in [1.165, 1.54) is 0 Å². The molecule has 1 aliphatic rings. The molecule has 0 saturated carbocycles. The van der Waals surface area contributed by atoms with Crippen molar-refractivity contribution in [3.63, 3.8) is 0 Å². The van der Waals surface area contributed by atoms with Crippen LogP contribution in [0.1, 0.15) is 32.6 Å². The lowest BCUT2D eigenvalue weighted by atomic mass is 9.76. The third kappa shape index (κ3) is 2.21. The van der Waals surface area contributed by atoms with E-state index in [0.29, 0.717) is 0 Å². The predicted molar refractivity (Wildman–Crippen MR) is 51.7 cm³/mol. The number of carbonyl (C=O) groups is 1. The van der Waals surface area contributed by atoms with Crippen molar-refractivity contribution in [2.24, 2.45) is 5.41 Å². The summed E-state index contributed by atoms with van der Waals surface area (Å²) in [4.78, 5) is 13.3. The lowest BCUT2D eigenvalue weighted by Gasteiger charge is -2.38. The first-order valence-corrected chi connectivity index (χ1v) is 5.03. The van der Waals surface area contributed by atoms with Crippen molar-refractivity contribution in [1.82, 2.24) is 4.90 Å². The molecule has 0 amide bonds. The van der Waals surface area contributed by atoms with E-state index in [2.05, 4.69) is 11.8 Å². The van der Waals surface area contributed by atoms with Gasteiger partial charge < -0.3 is 10.0 Å². The van der Waals surface area contributed by atoms with Gasteiger partial charge in [-0.05, 0) is 32.9 Å². The average Bonchev–Trinajstić information content (AvgIpc) is 2.04. The summed E-state index contributed by atoms with van der Waals surface area (Å²) in [5.41, 5.74) is -0.457. The topological polar surface area (TPSA) is 40.5 Å². The van der Waals surface area contributed by atoms with Gasteiger partial charge in [0, 0.05) is 6.54 Å². The number of nitrogens with zero attached hydrogens (tertiary/aromatic N) is 1. The quantitative estimate of drug-likeness (QED) is 0.725. The van der Waals surface area contributed by atoms with Crippen LogP contribution in [0.25, 0.3) is 0 Å².